The molecule has 0 fully saturated rings. The van der Waals surface area contributed by atoms with Crippen molar-refractivity contribution in [2.24, 2.45) is 0 Å². The van der Waals surface area contributed by atoms with Gasteiger partial charge in [0.05, 0.1) is 17.4 Å². The van der Waals surface area contributed by atoms with E-state index in [1.54, 1.807) is 36.4 Å². The summed E-state index contributed by atoms with van der Waals surface area (Å²) >= 11 is 0. The second-order valence-electron chi connectivity index (χ2n) is 17.0. The van der Waals surface area contributed by atoms with Gasteiger partial charge in [-0.1, -0.05) is 152 Å². The summed E-state index contributed by atoms with van der Waals surface area (Å²) in [5, 5.41) is 4.25. The van der Waals surface area contributed by atoms with Crippen LogP contribution < -0.4 is 9.80 Å². The van der Waals surface area contributed by atoms with E-state index in [9.17, 15) is 17.6 Å². The standard InChI is InChI=1S/C62H42F4N2/c63-49-25-9-41(10-26-49)45-17-33-53(34-18-45)67(54-35-19-46(20-36-54)42-11-27-50(64)28-12-42)61-59-7-3-1-5-57(59)58-6-2-4-8-60(58)62(61)68(55-37-21-47(22-38-55)43-13-29-51(65)30-14-43)56-39-23-48(24-40-56)44-15-31-52(66)32-16-44/h1-39,56H,40H2. The SMILES string of the molecule is Fc1ccc(C2=CCC(N(c3ccc(-c4ccc(F)cc4)cc3)c3c(N(c4ccc(-c5ccc(F)cc5)cc4)c4ccc(-c5ccc(F)cc5)cc4)c4ccccc4c4ccccc34)C=C2)cc1. The molecule has 1 aliphatic rings. The van der Waals surface area contributed by atoms with Gasteiger partial charge in [0, 0.05) is 27.8 Å². The fraction of sp³-hybridized carbons (Fsp3) is 0.0323. The third-order valence-electron chi connectivity index (χ3n) is 12.9. The van der Waals surface area contributed by atoms with Gasteiger partial charge in [0.2, 0.25) is 0 Å². The lowest BCUT2D eigenvalue weighted by molar-refractivity contribution is 0.627. The molecule has 10 aromatic rings. The summed E-state index contributed by atoms with van der Waals surface area (Å²) in [5.41, 5.74) is 12.2. The van der Waals surface area contributed by atoms with E-state index < -0.39 is 0 Å². The van der Waals surface area contributed by atoms with E-state index in [-0.39, 0.29) is 29.3 Å². The minimum Gasteiger partial charge on any atom is -0.332 e. The van der Waals surface area contributed by atoms with E-state index in [0.717, 1.165) is 94.5 Å². The Morgan fingerprint density at radius 1 is 0.324 bits per heavy atom. The summed E-state index contributed by atoms with van der Waals surface area (Å²) in [7, 11) is 0. The van der Waals surface area contributed by atoms with Crippen LogP contribution in [0.4, 0.5) is 46.0 Å². The van der Waals surface area contributed by atoms with E-state index in [1.807, 2.05) is 12.1 Å². The number of nitrogens with zero attached hydrogens (tertiary/aromatic N) is 2. The fourth-order valence-corrected chi connectivity index (χ4v) is 9.47. The lowest BCUT2D eigenvalue weighted by atomic mass is 9.92. The zero-order valence-electron chi connectivity index (χ0n) is 36.7. The van der Waals surface area contributed by atoms with E-state index in [2.05, 4.69) is 149 Å². The Labute approximate surface area is 392 Å². The van der Waals surface area contributed by atoms with Crippen molar-refractivity contribution < 1.29 is 17.6 Å². The first kappa shape index (κ1) is 42.2. The maximum Gasteiger partial charge on any atom is 0.123 e. The summed E-state index contributed by atoms with van der Waals surface area (Å²) in [5.74, 6) is -1.15. The van der Waals surface area contributed by atoms with Gasteiger partial charge in [0.15, 0.2) is 0 Å². The average Bonchev–Trinajstić information content (AvgIpc) is 3.39. The molecule has 0 radical (unpaired) electrons. The van der Waals surface area contributed by atoms with E-state index in [4.69, 9.17) is 0 Å². The number of benzene rings is 10. The largest absolute Gasteiger partial charge is 0.332 e. The van der Waals surface area contributed by atoms with Gasteiger partial charge in [0.1, 0.15) is 23.3 Å². The highest BCUT2D eigenvalue weighted by Crippen LogP contribution is 2.52. The minimum atomic E-state index is -0.291. The van der Waals surface area contributed by atoms with Crippen LogP contribution >= 0.6 is 0 Å². The predicted octanol–water partition coefficient (Wildman–Crippen LogP) is 17.6. The molecule has 0 bridgehead atoms. The molecule has 6 heteroatoms. The Morgan fingerprint density at radius 3 is 1.01 bits per heavy atom. The highest BCUT2D eigenvalue weighted by atomic mass is 19.1. The quantitative estimate of drug-likeness (QED) is 0.0767. The molecule has 0 amide bonds. The molecular formula is C62H42F4N2. The van der Waals surface area contributed by atoms with Crippen LogP contribution in [0.2, 0.25) is 0 Å². The third kappa shape index (κ3) is 8.22. The Morgan fingerprint density at radius 2 is 0.647 bits per heavy atom. The van der Waals surface area contributed by atoms with Crippen LogP contribution in [0.15, 0.2) is 237 Å². The smallest absolute Gasteiger partial charge is 0.123 e. The van der Waals surface area contributed by atoms with Crippen molar-refractivity contribution in [2.45, 2.75) is 12.5 Å². The highest BCUT2D eigenvalue weighted by molar-refractivity contribution is 6.22. The number of rotatable bonds is 10. The molecule has 0 heterocycles. The molecule has 1 unspecified atom stereocenters. The van der Waals surface area contributed by atoms with E-state index >= 15 is 0 Å². The molecule has 68 heavy (non-hydrogen) atoms. The van der Waals surface area contributed by atoms with Crippen LogP contribution in [-0.2, 0) is 0 Å². The summed E-state index contributed by atoms with van der Waals surface area (Å²) in [4.78, 5) is 4.75. The average molecular weight is 891 g/mol. The van der Waals surface area contributed by atoms with E-state index in [1.165, 1.54) is 48.5 Å². The highest BCUT2D eigenvalue weighted by Gasteiger charge is 2.30. The first-order valence-corrected chi connectivity index (χ1v) is 22.6. The van der Waals surface area contributed by atoms with Crippen LogP contribution in [0.5, 0.6) is 0 Å². The van der Waals surface area contributed by atoms with Gasteiger partial charge in [-0.2, -0.15) is 0 Å². The Bertz CT molecular complexity index is 3380. The predicted molar refractivity (Wildman–Crippen MR) is 273 cm³/mol. The van der Waals surface area contributed by atoms with E-state index in [0.29, 0.717) is 6.42 Å². The second kappa shape index (κ2) is 18.1. The summed E-state index contributed by atoms with van der Waals surface area (Å²) in [6, 6.07) is 68.3. The molecule has 1 atom stereocenters. The van der Waals surface area contributed by atoms with Crippen LogP contribution in [0, 0.1) is 23.3 Å². The van der Waals surface area contributed by atoms with Gasteiger partial charge in [-0.25, -0.2) is 17.6 Å². The third-order valence-corrected chi connectivity index (χ3v) is 12.9. The van der Waals surface area contributed by atoms with Crippen LogP contribution in [0.1, 0.15) is 12.0 Å². The number of anilines is 5. The molecule has 0 saturated carbocycles. The molecule has 0 saturated heterocycles. The van der Waals surface area contributed by atoms with Crippen molar-refractivity contribution in [2.75, 3.05) is 9.80 Å². The zero-order chi connectivity index (χ0) is 46.1. The van der Waals surface area contributed by atoms with Crippen molar-refractivity contribution in [3.63, 3.8) is 0 Å². The number of allylic oxidation sites excluding steroid dienone is 2. The Hall–Kier alpha value is -8.48. The van der Waals surface area contributed by atoms with Crippen LogP contribution in [-0.4, -0.2) is 6.04 Å². The van der Waals surface area contributed by atoms with Gasteiger partial charge in [-0.05, 0) is 147 Å². The first-order valence-electron chi connectivity index (χ1n) is 22.6. The summed E-state index contributed by atoms with van der Waals surface area (Å²) in [6.45, 7) is 0. The maximum absolute atomic E-state index is 14.1. The monoisotopic (exact) mass is 890 g/mol. The number of halogens is 4. The van der Waals surface area contributed by atoms with Gasteiger partial charge < -0.3 is 9.80 Å². The molecule has 0 N–H and O–H groups in total. The van der Waals surface area contributed by atoms with Gasteiger partial charge in [-0.3, -0.25) is 0 Å². The number of fused-ring (bicyclic) bond motifs is 3. The van der Waals surface area contributed by atoms with Crippen molar-refractivity contribution in [1.82, 2.24) is 0 Å². The molecule has 1 aliphatic carbocycles. The van der Waals surface area contributed by atoms with Crippen LogP contribution in [0.3, 0.4) is 0 Å². The molecule has 2 nitrogen and oxygen atoms in total. The molecule has 0 aliphatic heterocycles. The molecule has 10 aromatic carbocycles. The van der Waals surface area contributed by atoms with Gasteiger partial charge in [0.25, 0.3) is 0 Å². The van der Waals surface area contributed by atoms with Gasteiger partial charge >= 0.3 is 0 Å². The molecular weight excluding hydrogens is 849 g/mol. The van der Waals surface area contributed by atoms with Crippen molar-refractivity contribution >= 4 is 55.6 Å². The summed E-state index contributed by atoms with van der Waals surface area (Å²) < 4.78 is 56.3. The normalized spacial score (nSPS) is 13.4. The topological polar surface area (TPSA) is 6.48 Å². The Balaban J connectivity index is 1.16. The lowest BCUT2D eigenvalue weighted by Gasteiger charge is -2.39. The molecule has 11 rings (SSSR count). The second-order valence-corrected chi connectivity index (χ2v) is 17.0. The molecule has 0 spiro atoms. The molecule has 0 aromatic heterocycles. The number of hydrogen-bond donors (Lipinski definition) is 0. The maximum atomic E-state index is 14.1. The zero-order valence-corrected chi connectivity index (χ0v) is 36.7. The van der Waals surface area contributed by atoms with Crippen molar-refractivity contribution in [3.05, 3.63) is 265 Å². The van der Waals surface area contributed by atoms with Crippen molar-refractivity contribution in [1.29, 1.82) is 0 Å². The van der Waals surface area contributed by atoms with Crippen molar-refractivity contribution in [3.8, 4) is 33.4 Å². The number of hydrogen-bond acceptors (Lipinski definition) is 2. The Kier molecular flexibility index (Phi) is 11.2. The minimum absolute atomic E-state index is 0.178. The van der Waals surface area contributed by atoms with Gasteiger partial charge in [-0.15, -0.1) is 0 Å². The first-order chi connectivity index (χ1) is 33.3. The lowest BCUT2D eigenvalue weighted by Crippen LogP contribution is -2.31. The summed E-state index contributed by atoms with van der Waals surface area (Å²) in [6.07, 6.45) is 7.23. The van der Waals surface area contributed by atoms with Crippen LogP contribution in [0.25, 0.3) is 60.5 Å². The molecule has 328 valence electrons. The fourth-order valence-electron chi connectivity index (χ4n) is 9.47.